The van der Waals surface area contributed by atoms with Crippen LogP contribution in [0.25, 0.3) is 0 Å². The first-order valence-corrected chi connectivity index (χ1v) is 0.612. The zero-order valence-electron chi connectivity index (χ0n) is 4.64. The van der Waals surface area contributed by atoms with Gasteiger partial charge in [0.15, 0.2) is 0 Å². The van der Waals surface area contributed by atoms with E-state index >= 15 is 0 Å². The van der Waals surface area contributed by atoms with Crippen LogP contribution in [-0.2, 0) is 26.2 Å². The molecule has 0 radical (unpaired) electrons. The van der Waals surface area contributed by atoms with Crippen molar-refractivity contribution in [3.05, 3.63) is 0 Å². The maximum Gasteiger partial charge on any atom is 4.00 e. The summed E-state index contributed by atoms with van der Waals surface area (Å²) in [6, 6.07) is 0. The molecule has 0 N–H and O–H groups in total. The van der Waals surface area contributed by atoms with E-state index in [1.54, 1.807) is 0 Å². The number of rotatable bonds is 0. The Balaban J connectivity index is -0.00000000750. The smallest absolute Gasteiger partial charge is 0.652 e. The third-order valence-electron chi connectivity index (χ3n) is 0. The average Bonchev–Trinajstić information content (AvgIpc) is 0.811. The number of hydrogen-bond acceptors (Lipinski definition) is 3. The molecule has 0 aromatic carbocycles. The molecule has 0 aliphatic carbocycles. The maximum absolute atomic E-state index is 8.33. The third-order valence-corrected chi connectivity index (χ3v) is 0. The van der Waals surface area contributed by atoms with Crippen molar-refractivity contribution < 1.29 is 70.8 Å². The number of hydrogen-bond donors (Lipinski definition) is 0. The van der Waals surface area contributed by atoms with Crippen molar-refractivity contribution >= 4 is 89.4 Å². The summed E-state index contributed by atoms with van der Waals surface area (Å²) < 4.78 is 0. The van der Waals surface area contributed by atoms with Crippen LogP contribution in [0.4, 0.5) is 4.79 Å². The van der Waals surface area contributed by atoms with Gasteiger partial charge in [-0.05, 0) is 6.16 Å². The molecule has 0 saturated carbocycles. The summed E-state index contributed by atoms with van der Waals surface area (Å²) in [4.78, 5) is 8.33. The van der Waals surface area contributed by atoms with Gasteiger partial charge < -0.3 is 15.0 Å². The normalized spacial score (nSPS) is 3.00. The van der Waals surface area contributed by atoms with Crippen LogP contribution in [0.3, 0.4) is 0 Å². The van der Waals surface area contributed by atoms with Gasteiger partial charge in [0.1, 0.15) is 0 Å². The van der Waals surface area contributed by atoms with Crippen molar-refractivity contribution in [1.29, 1.82) is 0 Å². The van der Waals surface area contributed by atoms with E-state index in [1.807, 2.05) is 0 Å². The topological polar surface area (TPSA) is 63.2 Å². The van der Waals surface area contributed by atoms with E-state index in [4.69, 9.17) is 15.0 Å². The Morgan fingerprint density at radius 3 is 1.25 bits per heavy atom. The van der Waals surface area contributed by atoms with Gasteiger partial charge in [0, 0.05) is 0 Å². The van der Waals surface area contributed by atoms with E-state index in [2.05, 4.69) is 0 Å². The molecule has 0 saturated heterocycles. The van der Waals surface area contributed by atoms with E-state index in [0.29, 0.717) is 0 Å². The summed E-state index contributed by atoms with van der Waals surface area (Å²) >= 11 is 0. The quantitative estimate of drug-likeness (QED) is 0.418. The molecule has 0 unspecified atom stereocenters. The minimum Gasteiger partial charge on any atom is -0.652 e. The summed E-state index contributed by atoms with van der Waals surface area (Å²) in [5.74, 6) is 0. The zero-order valence-corrected chi connectivity index (χ0v) is 14.8. The summed E-state index contributed by atoms with van der Waals surface area (Å²) in [6.07, 6.45) is -2.33. The SMILES string of the molecule is O=C([O-])[O-].[Ca+2].[Na+].[Sr+2].[Zr+4]. The number of carbonyl (C=O) groups excluding carboxylic acids is 1. The van der Waals surface area contributed by atoms with Crippen molar-refractivity contribution in [2.24, 2.45) is 0 Å². The molecule has 24 valence electrons. The Kier molecular flexibility index (Phi) is 83.3. The van der Waals surface area contributed by atoms with Crippen LogP contribution in [0.15, 0.2) is 0 Å². The second-order valence-electron chi connectivity index (χ2n) is 0.250. The van der Waals surface area contributed by atoms with E-state index in [-0.39, 0.29) is 139 Å². The van der Waals surface area contributed by atoms with Crippen molar-refractivity contribution in [3.63, 3.8) is 0 Å². The molecule has 7 heteroatoms. The predicted molar refractivity (Wildman–Crippen MR) is 16.9 cm³/mol. The molecule has 0 amide bonds. The van der Waals surface area contributed by atoms with Gasteiger partial charge in [-0.25, -0.2) is 0 Å². The van der Waals surface area contributed by atoms with Crippen LogP contribution >= 0.6 is 0 Å². The zero-order chi connectivity index (χ0) is 3.58. The second-order valence-corrected chi connectivity index (χ2v) is 0.250. The monoisotopic (exact) mass is 301 g/mol. The fourth-order valence-electron chi connectivity index (χ4n) is 0. The minimum atomic E-state index is -2.33. The average molecular weight is 302 g/mol. The number of carboxylic acid groups (broad SMARTS) is 2. The van der Waals surface area contributed by atoms with Crippen LogP contribution in [0, 0.1) is 0 Å². The molecule has 0 aliphatic heterocycles. The molecule has 0 aliphatic rings. The minimum absolute atomic E-state index is 0. The van der Waals surface area contributed by atoms with Crippen LogP contribution in [0.1, 0.15) is 0 Å². The predicted octanol–water partition coefficient (Wildman–Crippen LogP) is -6.21. The summed E-state index contributed by atoms with van der Waals surface area (Å²) in [6.45, 7) is 0. The van der Waals surface area contributed by atoms with Gasteiger partial charge in [0.2, 0.25) is 0 Å². The van der Waals surface area contributed by atoms with Gasteiger partial charge in [-0.15, -0.1) is 0 Å². The molecule has 0 heterocycles. The fourth-order valence-corrected chi connectivity index (χ4v) is 0. The summed E-state index contributed by atoms with van der Waals surface area (Å²) in [5, 5.41) is 16.7. The van der Waals surface area contributed by atoms with E-state index < -0.39 is 6.16 Å². The molecule has 0 atom stereocenters. The molecule has 8 heavy (non-hydrogen) atoms. The van der Waals surface area contributed by atoms with Crippen LogP contribution in [0.2, 0.25) is 0 Å². The Hall–Kier alpha value is 3.89. The van der Waals surface area contributed by atoms with Crippen molar-refractivity contribution in [2.75, 3.05) is 0 Å². The van der Waals surface area contributed by atoms with Crippen LogP contribution < -0.4 is 39.8 Å². The molecule has 0 aromatic heterocycles. The van der Waals surface area contributed by atoms with Gasteiger partial charge in [0.25, 0.3) is 0 Å². The first kappa shape index (κ1) is 29.7. The van der Waals surface area contributed by atoms with E-state index in [9.17, 15) is 0 Å². The Morgan fingerprint density at radius 2 is 1.25 bits per heavy atom. The van der Waals surface area contributed by atoms with Gasteiger partial charge in [-0.2, -0.15) is 0 Å². The third kappa shape index (κ3) is 51.6. The molecule has 0 fully saturated rings. The second kappa shape index (κ2) is 22.4. The van der Waals surface area contributed by atoms with Gasteiger partial charge in [-0.3, -0.25) is 0 Å². The summed E-state index contributed by atoms with van der Waals surface area (Å²) in [5.41, 5.74) is 0. The summed E-state index contributed by atoms with van der Waals surface area (Å²) in [7, 11) is 0. The fraction of sp³-hybridized carbons (Fsp3) is 0. The van der Waals surface area contributed by atoms with Crippen molar-refractivity contribution in [2.45, 2.75) is 0 Å². The Morgan fingerprint density at radius 1 is 1.25 bits per heavy atom. The first-order chi connectivity index (χ1) is 1.73. The first-order valence-electron chi connectivity index (χ1n) is 0.612. The standard InChI is InChI=1S/CH2O3.Ca.Na.Sr.Zr/c2-1(3)4;;;;/h(H2,2,3,4);;;;/q;+2;+1;+2;+4/p-2. The number of carbonyl (C=O) groups is 1. The van der Waals surface area contributed by atoms with E-state index in [0.717, 1.165) is 0 Å². The van der Waals surface area contributed by atoms with Crippen LogP contribution in [-0.4, -0.2) is 89.4 Å². The Labute approximate surface area is 156 Å². The Bertz CT molecular complexity index is 42.3. The molecule has 0 bridgehead atoms. The largest absolute Gasteiger partial charge is 4.00 e. The van der Waals surface area contributed by atoms with E-state index in [1.165, 1.54) is 0 Å². The van der Waals surface area contributed by atoms with Crippen molar-refractivity contribution in [1.82, 2.24) is 0 Å². The van der Waals surface area contributed by atoms with Gasteiger partial charge >= 0.3 is 139 Å². The maximum atomic E-state index is 8.33. The van der Waals surface area contributed by atoms with Gasteiger partial charge in [-0.1, -0.05) is 0 Å². The molecule has 0 rings (SSSR count). The molecule has 0 aromatic rings. The molecular formula is CCaNaO3SrZr+7. The molecule has 0 spiro atoms. The van der Waals surface area contributed by atoms with Crippen molar-refractivity contribution in [3.8, 4) is 0 Å². The van der Waals surface area contributed by atoms with Gasteiger partial charge in [0.05, 0.1) is 0 Å². The molecular weight excluding hydrogens is 302 g/mol. The van der Waals surface area contributed by atoms with Crippen LogP contribution in [0.5, 0.6) is 0 Å². The molecule has 3 nitrogen and oxygen atoms in total.